The Kier molecular flexibility index (Phi) is 6.46. The topological polar surface area (TPSA) is 82.3 Å². The zero-order valence-corrected chi connectivity index (χ0v) is 22.0. The lowest BCUT2D eigenvalue weighted by molar-refractivity contribution is -0.0857. The van der Waals surface area contributed by atoms with E-state index in [1.807, 2.05) is 36.4 Å². The molecule has 7 nitrogen and oxygen atoms in total. The number of aromatic nitrogens is 4. The number of rotatable bonds is 6. The fourth-order valence-electron chi connectivity index (χ4n) is 5.22. The molecule has 2 aromatic heterocycles. The highest BCUT2D eigenvalue weighted by Crippen LogP contribution is 2.41. The normalized spacial score (nSPS) is 22.3. The minimum Gasteiger partial charge on any atom is -0.403 e. The molecule has 2 aromatic carbocycles. The smallest absolute Gasteiger partial charge is 0.310 e. The summed E-state index contributed by atoms with van der Waals surface area (Å²) in [5, 5.41) is 13.1. The summed E-state index contributed by atoms with van der Waals surface area (Å²) in [6.45, 7) is 6.48. The molecule has 3 heterocycles. The van der Waals surface area contributed by atoms with Crippen LogP contribution < -0.4 is 10.4 Å². The SMILES string of the molecule is C#C[C@]1(CO[Si](c2ccccc2)(c2ccccc2)C(C)(C)C)O[C@@H](n2cnc3cnc(F)nc32)C[C@@H]1O. The number of hydrogen-bond donors (Lipinski definition) is 1. The van der Waals surface area contributed by atoms with Crippen molar-refractivity contribution in [1.29, 1.82) is 0 Å². The number of benzene rings is 2. The standard InChI is InChI=1S/C28H29FN4O3Si/c1-5-28(23(34)16-24(36-28)33-19-31-22-17-30-26(29)32-25(22)33)18-35-37(27(2,3)4,20-12-8-6-9-13-20)21-14-10-7-11-15-21/h1,6-15,17,19,23-24,34H,16,18H2,2-4H3/t23-,24+,28+/m0/s1. The van der Waals surface area contributed by atoms with Crippen molar-refractivity contribution in [3.8, 4) is 12.3 Å². The van der Waals surface area contributed by atoms with Crippen molar-refractivity contribution in [3.63, 3.8) is 0 Å². The molecule has 0 unspecified atom stereocenters. The second kappa shape index (κ2) is 9.47. The molecule has 0 amide bonds. The first-order valence-electron chi connectivity index (χ1n) is 12.1. The van der Waals surface area contributed by atoms with E-state index in [0.29, 0.717) is 5.52 Å². The molecule has 5 rings (SSSR count). The second-order valence-electron chi connectivity index (χ2n) is 10.3. The van der Waals surface area contributed by atoms with E-state index in [0.717, 1.165) is 10.4 Å². The maximum Gasteiger partial charge on any atom is 0.310 e. The number of nitrogens with zero attached hydrogens (tertiary/aromatic N) is 4. The van der Waals surface area contributed by atoms with Gasteiger partial charge in [-0.05, 0) is 15.4 Å². The number of halogens is 1. The molecule has 3 atom stereocenters. The van der Waals surface area contributed by atoms with Crippen LogP contribution in [0.1, 0.15) is 33.4 Å². The van der Waals surface area contributed by atoms with Gasteiger partial charge in [-0.1, -0.05) is 87.4 Å². The van der Waals surface area contributed by atoms with Crippen molar-refractivity contribution in [3.05, 3.63) is 79.3 Å². The van der Waals surface area contributed by atoms with Gasteiger partial charge in [0.15, 0.2) is 11.2 Å². The number of terminal acetylenes is 1. The average molecular weight is 517 g/mol. The minimum atomic E-state index is -2.93. The number of hydrogen-bond acceptors (Lipinski definition) is 6. The largest absolute Gasteiger partial charge is 0.403 e. The predicted octanol–water partition coefficient (Wildman–Crippen LogP) is 3.19. The molecule has 1 saturated heterocycles. The lowest BCUT2D eigenvalue weighted by atomic mass is 9.99. The van der Waals surface area contributed by atoms with Gasteiger partial charge in [-0.15, -0.1) is 6.42 Å². The Morgan fingerprint density at radius 1 is 1.14 bits per heavy atom. The van der Waals surface area contributed by atoms with E-state index in [1.165, 1.54) is 12.5 Å². The minimum absolute atomic E-state index is 0.0234. The van der Waals surface area contributed by atoms with E-state index in [4.69, 9.17) is 15.6 Å². The summed E-state index contributed by atoms with van der Waals surface area (Å²) in [5.74, 6) is 2.69. The fraction of sp³-hybridized carbons (Fsp3) is 0.321. The molecule has 1 fully saturated rings. The lowest BCUT2D eigenvalue weighted by Crippen LogP contribution is -2.68. The van der Waals surface area contributed by atoms with Gasteiger partial charge in [-0.2, -0.15) is 9.37 Å². The maximum atomic E-state index is 13.8. The van der Waals surface area contributed by atoms with Crippen LogP contribution in [0.4, 0.5) is 4.39 Å². The second-order valence-corrected chi connectivity index (χ2v) is 14.6. The Hall–Kier alpha value is -3.42. The average Bonchev–Trinajstić information content (AvgIpc) is 3.45. The maximum absolute atomic E-state index is 13.8. The Balaban J connectivity index is 1.53. The fourth-order valence-corrected chi connectivity index (χ4v) is 9.80. The highest BCUT2D eigenvalue weighted by Gasteiger charge is 2.54. The van der Waals surface area contributed by atoms with Crippen LogP contribution in [-0.2, 0) is 9.16 Å². The van der Waals surface area contributed by atoms with Gasteiger partial charge in [0, 0.05) is 6.42 Å². The van der Waals surface area contributed by atoms with Crippen molar-refractivity contribution in [2.24, 2.45) is 0 Å². The molecule has 0 aliphatic carbocycles. The molecule has 0 spiro atoms. The first kappa shape index (κ1) is 25.2. The number of aliphatic hydroxyl groups is 1. The van der Waals surface area contributed by atoms with Crippen LogP contribution in [0.15, 0.2) is 73.2 Å². The molecule has 1 N–H and O–H groups in total. The summed E-state index contributed by atoms with van der Waals surface area (Å²) in [6, 6.07) is 20.4. The van der Waals surface area contributed by atoms with Crippen LogP contribution >= 0.6 is 0 Å². The Labute approximate surface area is 216 Å². The summed E-state index contributed by atoms with van der Waals surface area (Å²) in [6.07, 6.45) is 6.39. The third-order valence-electron chi connectivity index (χ3n) is 7.07. The van der Waals surface area contributed by atoms with Gasteiger partial charge in [-0.3, -0.25) is 4.57 Å². The van der Waals surface area contributed by atoms with Crippen molar-refractivity contribution >= 4 is 29.9 Å². The first-order valence-corrected chi connectivity index (χ1v) is 14.0. The van der Waals surface area contributed by atoms with Crippen LogP contribution in [0.5, 0.6) is 0 Å². The van der Waals surface area contributed by atoms with E-state index in [9.17, 15) is 9.50 Å². The van der Waals surface area contributed by atoms with E-state index in [1.54, 1.807) is 4.57 Å². The lowest BCUT2D eigenvalue weighted by Gasteiger charge is -2.44. The van der Waals surface area contributed by atoms with Crippen LogP contribution in [0.25, 0.3) is 11.2 Å². The van der Waals surface area contributed by atoms with E-state index < -0.39 is 32.3 Å². The summed E-state index contributed by atoms with van der Waals surface area (Å²) >= 11 is 0. The Bertz CT molecular complexity index is 1400. The molecular formula is C28H29FN4O3Si. The molecule has 37 heavy (non-hydrogen) atoms. The van der Waals surface area contributed by atoms with Crippen LogP contribution in [0.3, 0.4) is 0 Å². The van der Waals surface area contributed by atoms with E-state index >= 15 is 0 Å². The third kappa shape index (κ3) is 4.26. The van der Waals surface area contributed by atoms with Crippen molar-refractivity contribution < 1.29 is 18.7 Å². The highest BCUT2D eigenvalue weighted by molar-refractivity contribution is 6.99. The zero-order chi connectivity index (χ0) is 26.3. The first-order chi connectivity index (χ1) is 17.7. The van der Waals surface area contributed by atoms with E-state index in [-0.39, 0.29) is 23.7 Å². The zero-order valence-electron chi connectivity index (χ0n) is 21.0. The molecule has 0 saturated carbocycles. The van der Waals surface area contributed by atoms with E-state index in [2.05, 4.69) is 65.9 Å². The Morgan fingerprint density at radius 3 is 2.32 bits per heavy atom. The van der Waals surface area contributed by atoms with Gasteiger partial charge >= 0.3 is 6.08 Å². The molecule has 1 aliphatic rings. The number of fused-ring (bicyclic) bond motifs is 1. The van der Waals surface area contributed by atoms with Gasteiger partial charge in [0.2, 0.25) is 0 Å². The van der Waals surface area contributed by atoms with Gasteiger partial charge in [0.1, 0.15) is 17.8 Å². The summed E-state index contributed by atoms with van der Waals surface area (Å²) in [7, 11) is -2.93. The summed E-state index contributed by atoms with van der Waals surface area (Å²) < 4.78 is 28.7. The third-order valence-corrected chi connectivity index (χ3v) is 12.1. The monoisotopic (exact) mass is 516 g/mol. The van der Waals surface area contributed by atoms with Gasteiger partial charge in [0.05, 0.1) is 19.1 Å². The molecule has 4 aromatic rings. The number of aliphatic hydroxyl groups excluding tert-OH is 1. The number of ether oxygens (including phenoxy) is 1. The van der Waals surface area contributed by atoms with Crippen molar-refractivity contribution in [2.45, 2.75) is 50.2 Å². The van der Waals surface area contributed by atoms with Crippen molar-refractivity contribution in [2.75, 3.05) is 6.61 Å². The van der Waals surface area contributed by atoms with Gasteiger partial charge in [-0.25, -0.2) is 9.97 Å². The van der Waals surface area contributed by atoms with Crippen LogP contribution in [0.2, 0.25) is 5.04 Å². The molecule has 0 bridgehead atoms. The molecule has 190 valence electrons. The predicted molar refractivity (Wildman–Crippen MR) is 141 cm³/mol. The van der Waals surface area contributed by atoms with Gasteiger partial charge < -0.3 is 14.3 Å². The molecule has 0 radical (unpaired) electrons. The highest BCUT2D eigenvalue weighted by atomic mass is 28.4. The van der Waals surface area contributed by atoms with Crippen LogP contribution in [-0.4, -0.2) is 51.3 Å². The Morgan fingerprint density at radius 2 is 1.76 bits per heavy atom. The molecule has 1 aliphatic heterocycles. The number of imidazole rings is 1. The van der Waals surface area contributed by atoms with Crippen LogP contribution in [0, 0.1) is 18.4 Å². The molecule has 9 heteroatoms. The summed E-state index contributed by atoms with van der Waals surface area (Å²) in [5.41, 5.74) is -0.730. The quantitative estimate of drug-likeness (QED) is 0.241. The van der Waals surface area contributed by atoms with Gasteiger partial charge in [0.25, 0.3) is 8.32 Å². The molecular weight excluding hydrogens is 487 g/mol. The van der Waals surface area contributed by atoms with Crippen molar-refractivity contribution in [1.82, 2.24) is 19.5 Å². The summed E-state index contributed by atoms with van der Waals surface area (Å²) in [4.78, 5) is 11.6.